The number of nitriles is 1. The number of hydrogen-bond acceptors (Lipinski definition) is 2. The first-order chi connectivity index (χ1) is 8.81. The van der Waals surface area contributed by atoms with Gasteiger partial charge in [-0.2, -0.15) is 5.26 Å². The number of hydrogen-bond donors (Lipinski definition) is 0. The van der Waals surface area contributed by atoms with Gasteiger partial charge in [-0.3, -0.25) is 4.79 Å². The minimum absolute atomic E-state index is 0.156. The van der Waals surface area contributed by atoms with Crippen molar-refractivity contribution in [2.45, 2.75) is 70.3 Å². The quantitative estimate of drug-likeness (QED) is 0.704. The van der Waals surface area contributed by atoms with Crippen LogP contribution in [0.3, 0.4) is 0 Å². The Hall–Kier alpha value is -1.04. The van der Waals surface area contributed by atoms with Crippen LogP contribution in [-0.2, 0) is 4.79 Å². The van der Waals surface area contributed by atoms with Crippen molar-refractivity contribution in [3.8, 4) is 6.07 Å². The van der Waals surface area contributed by atoms with Crippen molar-refractivity contribution < 1.29 is 4.79 Å². The molecule has 1 unspecified atom stereocenters. The molecule has 18 heavy (non-hydrogen) atoms. The molecule has 100 valence electrons. The van der Waals surface area contributed by atoms with Crippen LogP contribution < -0.4 is 0 Å². The molecule has 3 nitrogen and oxygen atoms in total. The third-order valence-corrected chi connectivity index (χ3v) is 4.41. The van der Waals surface area contributed by atoms with Gasteiger partial charge in [0.1, 0.15) is 6.04 Å². The fourth-order valence-electron chi connectivity index (χ4n) is 3.30. The van der Waals surface area contributed by atoms with Crippen LogP contribution in [0.25, 0.3) is 0 Å². The van der Waals surface area contributed by atoms with Crippen LogP contribution in [0.1, 0.15) is 64.2 Å². The molecular formula is C15H24N2O. The summed E-state index contributed by atoms with van der Waals surface area (Å²) < 4.78 is 0. The largest absolute Gasteiger partial charge is 0.327 e. The van der Waals surface area contributed by atoms with Gasteiger partial charge in [-0.15, -0.1) is 0 Å². The Morgan fingerprint density at radius 1 is 1.06 bits per heavy atom. The molecule has 0 aromatic rings. The van der Waals surface area contributed by atoms with E-state index in [1.807, 2.05) is 4.90 Å². The molecule has 0 bridgehead atoms. The molecule has 3 heteroatoms. The second-order valence-electron chi connectivity index (χ2n) is 5.79. The summed E-state index contributed by atoms with van der Waals surface area (Å²) >= 11 is 0. The molecule has 2 fully saturated rings. The minimum Gasteiger partial charge on any atom is -0.327 e. The summed E-state index contributed by atoms with van der Waals surface area (Å²) in [6.07, 6.45) is 11.3. The molecule has 1 saturated heterocycles. The van der Waals surface area contributed by atoms with Crippen molar-refractivity contribution in [1.29, 1.82) is 5.26 Å². The highest BCUT2D eigenvalue weighted by Crippen LogP contribution is 2.27. The second-order valence-corrected chi connectivity index (χ2v) is 5.79. The molecular weight excluding hydrogens is 224 g/mol. The molecule has 1 amide bonds. The molecule has 0 N–H and O–H groups in total. The highest BCUT2D eigenvalue weighted by atomic mass is 16.2. The van der Waals surface area contributed by atoms with Crippen LogP contribution in [-0.4, -0.2) is 23.4 Å². The standard InChI is InChI=1S/C15H24N2O/c16-12-14-9-5-6-10-17(14)15(18)11-13-7-3-1-2-4-8-13/h13-14H,1-11H2. The van der Waals surface area contributed by atoms with Crippen LogP contribution >= 0.6 is 0 Å². The van der Waals surface area contributed by atoms with E-state index in [0.29, 0.717) is 12.3 Å². The molecule has 2 aliphatic rings. The van der Waals surface area contributed by atoms with Crippen molar-refractivity contribution in [2.24, 2.45) is 5.92 Å². The van der Waals surface area contributed by atoms with Crippen LogP contribution in [0.15, 0.2) is 0 Å². The maximum Gasteiger partial charge on any atom is 0.223 e. The maximum absolute atomic E-state index is 12.3. The van der Waals surface area contributed by atoms with E-state index in [0.717, 1.165) is 25.8 Å². The van der Waals surface area contributed by atoms with E-state index in [9.17, 15) is 4.79 Å². The second kappa shape index (κ2) is 6.78. The molecule has 1 heterocycles. The van der Waals surface area contributed by atoms with Crippen LogP contribution in [0.5, 0.6) is 0 Å². The first-order valence-electron chi connectivity index (χ1n) is 7.50. The van der Waals surface area contributed by atoms with Gasteiger partial charge in [0.25, 0.3) is 0 Å². The van der Waals surface area contributed by atoms with Gasteiger partial charge in [-0.25, -0.2) is 0 Å². The Labute approximate surface area is 110 Å². The van der Waals surface area contributed by atoms with E-state index < -0.39 is 0 Å². The summed E-state index contributed by atoms with van der Waals surface area (Å²) in [5.74, 6) is 0.800. The number of likely N-dealkylation sites (tertiary alicyclic amines) is 1. The van der Waals surface area contributed by atoms with E-state index in [1.54, 1.807) is 0 Å². The summed E-state index contributed by atoms with van der Waals surface area (Å²) in [5.41, 5.74) is 0. The average molecular weight is 248 g/mol. The van der Waals surface area contributed by atoms with Crippen molar-refractivity contribution in [1.82, 2.24) is 4.90 Å². The van der Waals surface area contributed by atoms with E-state index in [2.05, 4.69) is 6.07 Å². The molecule has 0 radical (unpaired) electrons. The summed E-state index contributed by atoms with van der Waals surface area (Å²) in [6.45, 7) is 0.795. The van der Waals surface area contributed by atoms with Gasteiger partial charge in [-0.05, 0) is 38.0 Å². The molecule has 1 saturated carbocycles. The highest BCUT2D eigenvalue weighted by molar-refractivity contribution is 5.77. The Balaban J connectivity index is 1.87. The van der Waals surface area contributed by atoms with Gasteiger partial charge in [0.15, 0.2) is 0 Å². The number of rotatable bonds is 2. The summed E-state index contributed by atoms with van der Waals surface area (Å²) in [5, 5.41) is 9.12. The van der Waals surface area contributed by atoms with Crippen LogP contribution in [0, 0.1) is 17.2 Å². The Morgan fingerprint density at radius 3 is 2.39 bits per heavy atom. The van der Waals surface area contributed by atoms with E-state index in [1.165, 1.54) is 38.5 Å². The van der Waals surface area contributed by atoms with E-state index in [-0.39, 0.29) is 11.9 Å². The Morgan fingerprint density at radius 2 is 1.72 bits per heavy atom. The normalized spacial score (nSPS) is 26.4. The maximum atomic E-state index is 12.3. The molecule has 0 spiro atoms. The highest BCUT2D eigenvalue weighted by Gasteiger charge is 2.28. The van der Waals surface area contributed by atoms with Gasteiger partial charge in [0.2, 0.25) is 5.91 Å². The molecule has 1 aliphatic heterocycles. The number of carbonyl (C=O) groups excluding carboxylic acids is 1. The van der Waals surface area contributed by atoms with Crippen LogP contribution in [0.2, 0.25) is 0 Å². The lowest BCUT2D eigenvalue weighted by molar-refractivity contribution is -0.134. The van der Waals surface area contributed by atoms with Crippen molar-refractivity contribution in [3.63, 3.8) is 0 Å². The van der Waals surface area contributed by atoms with Gasteiger partial charge >= 0.3 is 0 Å². The summed E-state index contributed by atoms with van der Waals surface area (Å²) in [6, 6.07) is 2.13. The lowest BCUT2D eigenvalue weighted by Gasteiger charge is -2.32. The lowest BCUT2D eigenvalue weighted by atomic mass is 9.94. The topological polar surface area (TPSA) is 44.1 Å². The van der Waals surface area contributed by atoms with Gasteiger partial charge in [0.05, 0.1) is 6.07 Å². The predicted molar refractivity (Wildman–Crippen MR) is 70.8 cm³/mol. The molecule has 1 atom stereocenters. The first-order valence-corrected chi connectivity index (χ1v) is 7.50. The monoisotopic (exact) mass is 248 g/mol. The van der Waals surface area contributed by atoms with Crippen molar-refractivity contribution >= 4 is 5.91 Å². The number of nitrogens with zero attached hydrogens (tertiary/aromatic N) is 2. The fourth-order valence-corrected chi connectivity index (χ4v) is 3.30. The predicted octanol–water partition coefficient (Wildman–Crippen LogP) is 3.25. The zero-order chi connectivity index (χ0) is 12.8. The molecule has 0 aromatic carbocycles. The zero-order valence-corrected chi connectivity index (χ0v) is 11.2. The zero-order valence-electron chi connectivity index (χ0n) is 11.2. The smallest absolute Gasteiger partial charge is 0.223 e. The van der Waals surface area contributed by atoms with Gasteiger partial charge < -0.3 is 4.90 Å². The third-order valence-electron chi connectivity index (χ3n) is 4.41. The fraction of sp³-hybridized carbons (Fsp3) is 0.867. The SMILES string of the molecule is N#CC1CCCCN1C(=O)CC1CCCCCC1. The van der Waals surface area contributed by atoms with Gasteiger partial charge in [-0.1, -0.05) is 25.7 Å². The molecule has 2 rings (SSSR count). The summed E-state index contributed by atoms with van der Waals surface area (Å²) in [7, 11) is 0. The number of amides is 1. The Bertz CT molecular complexity index is 313. The molecule has 1 aliphatic carbocycles. The Kier molecular flexibility index (Phi) is 5.04. The molecule has 0 aromatic heterocycles. The first kappa shape index (κ1) is 13.4. The third kappa shape index (κ3) is 3.48. The number of piperidine rings is 1. The average Bonchev–Trinajstić information content (AvgIpc) is 2.67. The van der Waals surface area contributed by atoms with Gasteiger partial charge in [0, 0.05) is 13.0 Å². The minimum atomic E-state index is -0.156. The number of carbonyl (C=O) groups is 1. The lowest BCUT2D eigenvalue weighted by Crippen LogP contribution is -2.43. The van der Waals surface area contributed by atoms with Crippen LogP contribution in [0.4, 0.5) is 0 Å². The van der Waals surface area contributed by atoms with Crippen molar-refractivity contribution in [2.75, 3.05) is 6.54 Å². The summed E-state index contributed by atoms with van der Waals surface area (Å²) in [4.78, 5) is 14.2. The van der Waals surface area contributed by atoms with E-state index in [4.69, 9.17) is 5.26 Å². The van der Waals surface area contributed by atoms with E-state index >= 15 is 0 Å². The van der Waals surface area contributed by atoms with Crippen molar-refractivity contribution in [3.05, 3.63) is 0 Å².